The van der Waals surface area contributed by atoms with Crippen molar-refractivity contribution in [2.45, 2.75) is 44.2 Å². The van der Waals surface area contributed by atoms with Crippen molar-refractivity contribution in [1.82, 2.24) is 9.47 Å². The van der Waals surface area contributed by atoms with Crippen LogP contribution in [0.5, 0.6) is 17.2 Å². The standard InChI is InChI=1S/C29H31ClN2O6.H2/c1-28(2)36-18-21(37-28)17-35-23-9-6-19(15-25(23)34-3)27(33)31-13-10-29(11-14-31)26-5-4-12-32(26)22-8-7-20(30)16-24(22)38-29;/h4-9,12,15-16,21H,10-11,13-14,17-18H2,1-3H3;1H/t21-;/m0./s1. The van der Waals surface area contributed by atoms with Gasteiger partial charge in [-0.15, -0.1) is 0 Å². The van der Waals surface area contributed by atoms with Gasteiger partial charge in [0.05, 0.1) is 25.1 Å². The number of fused-ring (bicyclic) bond motifs is 4. The number of ether oxygens (including phenoxy) is 5. The number of likely N-dealkylation sites (tertiary alicyclic amines) is 1. The van der Waals surface area contributed by atoms with Crippen molar-refractivity contribution in [3.05, 3.63) is 71.0 Å². The summed E-state index contributed by atoms with van der Waals surface area (Å²) in [4.78, 5) is 15.3. The Hall–Kier alpha value is -3.20. The maximum atomic E-state index is 13.5. The van der Waals surface area contributed by atoms with Gasteiger partial charge in [0.2, 0.25) is 0 Å². The zero-order valence-electron chi connectivity index (χ0n) is 21.7. The fourth-order valence-electron chi connectivity index (χ4n) is 5.55. The number of piperidine rings is 1. The monoisotopic (exact) mass is 540 g/mol. The van der Waals surface area contributed by atoms with Gasteiger partial charge in [-0.25, -0.2) is 0 Å². The molecule has 2 aromatic carbocycles. The third-order valence-corrected chi connectivity index (χ3v) is 7.70. The smallest absolute Gasteiger partial charge is 0.253 e. The lowest BCUT2D eigenvalue weighted by atomic mass is 9.86. The van der Waals surface area contributed by atoms with Crippen LogP contribution in [-0.4, -0.2) is 60.7 Å². The number of halogens is 1. The molecular weight excluding hydrogens is 508 g/mol. The van der Waals surface area contributed by atoms with E-state index in [1.807, 2.05) is 49.2 Å². The van der Waals surface area contributed by atoms with Crippen molar-refractivity contribution in [1.29, 1.82) is 0 Å². The summed E-state index contributed by atoms with van der Waals surface area (Å²) < 4.78 is 31.6. The molecule has 3 aliphatic rings. The lowest BCUT2D eigenvalue weighted by Crippen LogP contribution is -2.50. The first-order chi connectivity index (χ1) is 18.3. The van der Waals surface area contributed by atoms with Crippen LogP contribution in [0.1, 0.15) is 44.2 Å². The summed E-state index contributed by atoms with van der Waals surface area (Å²) in [5.41, 5.74) is 2.12. The van der Waals surface area contributed by atoms with E-state index in [-0.39, 0.29) is 13.4 Å². The Kier molecular flexibility index (Phi) is 6.29. The molecule has 0 bridgehead atoms. The molecule has 2 fully saturated rings. The van der Waals surface area contributed by atoms with E-state index in [4.69, 9.17) is 35.3 Å². The molecule has 0 radical (unpaired) electrons. The molecule has 4 heterocycles. The van der Waals surface area contributed by atoms with Crippen LogP contribution >= 0.6 is 11.6 Å². The zero-order chi connectivity index (χ0) is 26.5. The number of aromatic nitrogens is 1. The molecule has 6 rings (SSSR count). The van der Waals surface area contributed by atoms with Crippen LogP contribution in [0, 0.1) is 0 Å². The summed E-state index contributed by atoms with van der Waals surface area (Å²) in [6, 6.07) is 15.1. The molecule has 0 unspecified atom stereocenters. The van der Waals surface area contributed by atoms with Gasteiger partial charge in [-0.05, 0) is 56.3 Å². The van der Waals surface area contributed by atoms with Gasteiger partial charge in [0.15, 0.2) is 22.9 Å². The fraction of sp³-hybridized carbons (Fsp3) is 0.414. The minimum absolute atomic E-state index is 0. The number of methoxy groups -OCH3 is 1. The number of hydrogen-bond acceptors (Lipinski definition) is 6. The van der Waals surface area contributed by atoms with Crippen molar-refractivity contribution >= 4 is 17.5 Å². The molecule has 0 N–H and O–H groups in total. The molecule has 3 aromatic rings. The summed E-state index contributed by atoms with van der Waals surface area (Å²) >= 11 is 6.26. The Balaban J connectivity index is 0.00000308. The van der Waals surface area contributed by atoms with E-state index in [9.17, 15) is 4.79 Å². The van der Waals surface area contributed by atoms with Gasteiger partial charge in [-0.2, -0.15) is 0 Å². The SMILES string of the molecule is COc1cc(C(=O)N2CCC3(CC2)Oc2cc(Cl)ccc2-n2cccc23)ccc1OC[C@H]1COC(C)(C)O1.[HH]. The summed E-state index contributed by atoms with van der Waals surface area (Å²) in [5.74, 6) is 1.17. The Morgan fingerprint density at radius 2 is 1.95 bits per heavy atom. The average molecular weight is 541 g/mol. The summed E-state index contributed by atoms with van der Waals surface area (Å²) in [7, 11) is 1.57. The van der Waals surface area contributed by atoms with Gasteiger partial charge in [0.25, 0.3) is 5.91 Å². The fourth-order valence-corrected chi connectivity index (χ4v) is 5.72. The highest BCUT2D eigenvalue weighted by Gasteiger charge is 2.44. The van der Waals surface area contributed by atoms with Crippen LogP contribution in [0.4, 0.5) is 0 Å². The molecular formula is C29H33ClN2O6. The third kappa shape index (κ3) is 4.51. The highest BCUT2D eigenvalue weighted by atomic mass is 35.5. The van der Waals surface area contributed by atoms with Crippen molar-refractivity contribution in [2.24, 2.45) is 0 Å². The quantitative estimate of drug-likeness (QED) is 0.429. The molecule has 9 heteroatoms. The van der Waals surface area contributed by atoms with E-state index in [0.717, 1.165) is 17.1 Å². The van der Waals surface area contributed by atoms with E-state index in [2.05, 4.69) is 10.6 Å². The van der Waals surface area contributed by atoms with Crippen LogP contribution in [0.15, 0.2) is 54.7 Å². The van der Waals surface area contributed by atoms with E-state index < -0.39 is 11.4 Å². The molecule has 1 aromatic heterocycles. The second-order valence-corrected chi connectivity index (χ2v) is 10.8. The third-order valence-electron chi connectivity index (χ3n) is 7.46. The normalized spacial score (nSPS) is 20.9. The van der Waals surface area contributed by atoms with Crippen LogP contribution in [0.2, 0.25) is 5.02 Å². The number of nitrogens with zero attached hydrogens (tertiary/aromatic N) is 2. The number of carbonyl (C=O) groups is 1. The Morgan fingerprint density at radius 3 is 2.68 bits per heavy atom. The Labute approximate surface area is 228 Å². The topological polar surface area (TPSA) is 71.4 Å². The minimum atomic E-state index is -0.608. The van der Waals surface area contributed by atoms with Gasteiger partial charge < -0.3 is 33.2 Å². The maximum Gasteiger partial charge on any atom is 0.253 e. The predicted molar refractivity (Wildman–Crippen MR) is 144 cm³/mol. The van der Waals surface area contributed by atoms with Crippen molar-refractivity contribution in [2.75, 3.05) is 33.4 Å². The van der Waals surface area contributed by atoms with Gasteiger partial charge in [0, 0.05) is 50.2 Å². The van der Waals surface area contributed by atoms with Gasteiger partial charge >= 0.3 is 0 Å². The maximum absolute atomic E-state index is 13.5. The van der Waals surface area contributed by atoms with E-state index in [1.165, 1.54) is 0 Å². The highest BCUT2D eigenvalue weighted by molar-refractivity contribution is 6.30. The molecule has 8 nitrogen and oxygen atoms in total. The molecule has 38 heavy (non-hydrogen) atoms. The average Bonchev–Trinajstić information content (AvgIpc) is 3.54. The van der Waals surface area contributed by atoms with Gasteiger partial charge in [-0.1, -0.05) is 11.6 Å². The summed E-state index contributed by atoms with van der Waals surface area (Å²) in [5, 5.41) is 0.636. The molecule has 0 saturated carbocycles. The molecule has 1 amide bonds. The Bertz CT molecular complexity index is 1370. The van der Waals surface area contributed by atoms with Crippen LogP contribution in [-0.2, 0) is 15.1 Å². The summed E-state index contributed by atoms with van der Waals surface area (Å²) in [6.07, 6.45) is 3.23. The molecule has 202 valence electrons. The molecule has 3 aliphatic heterocycles. The number of benzene rings is 2. The van der Waals surface area contributed by atoms with Crippen molar-refractivity contribution in [3.8, 4) is 22.9 Å². The number of amides is 1. The second-order valence-electron chi connectivity index (χ2n) is 10.4. The van der Waals surface area contributed by atoms with Gasteiger partial charge in [0.1, 0.15) is 18.5 Å². The number of rotatable bonds is 5. The van der Waals surface area contributed by atoms with E-state index in [0.29, 0.717) is 61.2 Å². The second kappa shape index (κ2) is 9.52. The molecule has 2 saturated heterocycles. The Morgan fingerprint density at radius 1 is 1.13 bits per heavy atom. The van der Waals surface area contributed by atoms with Crippen LogP contribution in [0.25, 0.3) is 5.69 Å². The largest absolute Gasteiger partial charge is 0.493 e. The van der Waals surface area contributed by atoms with Gasteiger partial charge in [-0.3, -0.25) is 4.79 Å². The molecule has 1 spiro atoms. The van der Waals surface area contributed by atoms with Crippen molar-refractivity contribution in [3.63, 3.8) is 0 Å². The zero-order valence-corrected chi connectivity index (χ0v) is 22.5. The van der Waals surface area contributed by atoms with Crippen LogP contribution in [0.3, 0.4) is 0 Å². The molecule has 1 atom stereocenters. The number of hydrogen-bond donors (Lipinski definition) is 0. The first-order valence-corrected chi connectivity index (χ1v) is 13.2. The first kappa shape index (κ1) is 25.1. The van der Waals surface area contributed by atoms with Crippen LogP contribution < -0.4 is 14.2 Å². The predicted octanol–water partition coefficient (Wildman–Crippen LogP) is 5.44. The first-order valence-electron chi connectivity index (χ1n) is 12.9. The lowest BCUT2D eigenvalue weighted by Gasteiger charge is -2.45. The summed E-state index contributed by atoms with van der Waals surface area (Å²) in [6.45, 7) is 5.68. The number of carbonyl (C=O) groups excluding carboxylic acids is 1. The minimum Gasteiger partial charge on any atom is -0.493 e. The lowest BCUT2D eigenvalue weighted by molar-refractivity contribution is -0.141. The molecule has 0 aliphatic carbocycles. The van der Waals surface area contributed by atoms with Crippen molar-refractivity contribution < 1.29 is 29.9 Å². The highest BCUT2D eigenvalue weighted by Crippen LogP contribution is 2.46. The van der Waals surface area contributed by atoms with E-state index >= 15 is 0 Å². The van der Waals surface area contributed by atoms with E-state index in [1.54, 1.807) is 25.3 Å².